The molecule has 1 heterocycles. The van der Waals surface area contributed by atoms with Crippen molar-refractivity contribution in [3.63, 3.8) is 0 Å². The Morgan fingerprint density at radius 2 is 2.07 bits per heavy atom. The minimum Gasteiger partial charge on any atom is -0.493 e. The Balaban J connectivity index is 1.30. The van der Waals surface area contributed by atoms with E-state index in [0.29, 0.717) is 25.4 Å². The third-order valence-electron chi connectivity index (χ3n) is 5.65. The second-order valence-electron chi connectivity index (χ2n) is 8.01. The lowest BCUT2D eigenvalue weighted by atomic mass is 10.1. The SMILES string of the molecule is O=C(O)c1cnn(CC2C[C@@H](O)[C@H](NCc3ccccc3OCC3CC3)C2)c1. The maximum absolute atomic E-state index is 11.0. The maximum Gasteiger partial charge on any atom is 0.338 e. The zero-order chi connectivity index (χ0) is 19.5. The molecule has 150 valence electrons. The second kappa shape index (κ2) is 8.32. The van der Waals surface area contributed by atoms with Crippen LogP contribution in [0, 0.1) is 11.8 Å². The van der Waals surface area contributed by atoms with Crippen molar-refractivity contribution in [1.82, 2.24) is 15.1 Å². The number of nitrogens with zero attached hydrogens (tertiary/aromatic N) is 2. The predicted octanol–water partition coefficient (Wildman–Crippen LogP) is 2.30. The number of benzene rings is 1. The second-order valence-corrected chi connectivity index (χ2v) is 8.01. The minimum absolute atomic E-state index is 0.0102. The fraction of sp³-hybridized carbons (Fsp3) is 0.524. The summed E-state index contributed by atoms with van der Waals surface area (Å²) in [5.74, 6) is 0.918. The molecule has 2 saturated carbocycles. The third kappa shape index (κ3) is 4.72. The van der Waals surface area contributed by atoms with Crippen LogP contribution < -0.4 is 10.1 Å². The van der Waals surface area contributed by atoms with Crippen molar-refractivity contribution in [3.8, 4) is 5.75 Å². The smallest absolute Gasteiger partial charge is 0.338 e. The van der Waals surface area contributed by atoms with Crippen molar-refractivity contribution in [1.29, 1.82) is 0 Å². The summed E-state index contributed by atoms with van der Waals surface area (Å²) < 4.78 is 7.62. The number of aromatic carboxylic acids is 1. The first-order valence-electron chi connectivity index (χ1n) is 9.96. The van der Waals surface area contributed by atoms with E-state index >= 15 is 0 Å². The average molecular weight is 385 g/mol. The molecule has 1 aromatic heterocycles. The van der Waals surface area contributed by atoms with Gasteiger partial charge in [-0.2, -0.15) is 5.10 Å². The molecule has 2 aliphatic carbocycles. The number of ether oxygens (including phenoxy) is 1. The molecule has 0 spiro atoms. The van der Waals surface area contributed by atoms with Gasteiger partial charge < -0.3 is 20.3 Å². The summed E-state index contributed by atoms with van der Waals surface area (Å²) in [4.78, 5) is 11.0. The molecule has 0 amide bonds. The van der Waals surface area contributed by atoms with Crippen LogP contribution in [0.1, 0.15) is 41.6 Å². The van der Waals surface area contributed by atoms with E-state index in [0.717, 1.165) is 24.3 Å². The molecular weight excluding hydrogens is 358 g/mol. The molecular formula is C21H27N3O4. The Morgan fingerprint density at radius 3 is 2.82 bits per heavy atom. The molecule has 3 atom stereocenters. The van der Waals surface area contributed by atoms with E-state index in [-0.39, 0.29) is 17.5 Å². The van der Waals surface area contributed by atoms with Crippen LogP contribution in [-0.2, 0) is 13.1 Å². The van der Waals surface area contributed by atoms with Gasteiger partial charge in [-0.25, -0.2) is 4.79 Å². The van der Waals surface area contributed by atoms with Crippen LogP contribution >= 0.6 is 0 Å². The van der Waals surface area contributed by atoms with Crippen LogP contribution in [0.3, 0.4) is 0 Å². The summed E-state index contributed by atoms with van der Waals surface area (Å²) >= 11 is 0. The lowest BCUT2D eigenvalue weighted by molar-refractivity contribution is 0.0696. The Kier molecular flexibility index (Phi) is 5.64. The van der Waals surface area contributed by atoms with E-state index in [4.69, 9.17) is 9.84 Å². The van der Waals surface area contributed by atoms with Crippen LogP contribution in [-0.4, -0.2) is 44.7 Å². The van der Waals surface area contributed by atoms with Gasteiger partial charge in [-0.1, -0.05) is 18.2 Å². The van der Waals surface area contributed by atoms with Crippen molar-refractivity contribution in [2.24, 2.45) is 11.8 Å². The number of aliphatic hydroxyl groups is 1. The van der Waals surface area contributed by atoms with Crippen molar-refractivity contribution < 1.29 is 19.7 Å². The van der Waals surface area contributed by atoms with Crippen LogP contribution in [0.4, 0.5) is 0 Å². The molecule has 0 radical (unpaired) electrons. The van der Waals surface area contributed by atoms with E-state index in [9.17, 15) is 9.90 Å². The monoisotopic (exact) mass is 385 g/mol. The number of hydrogen-bond donors (Lipinski definition) is 3. The number of aromatic nitrogens is 2. The highest BCUT2D eigenvalue weighted by atomic mass is 16.5. The number of para-hydroxylation sites is 1. The van der Waals surface area contributed by atoms with Crippen LogP contribution in [0.25, 0.3) is 0 Å². The van der Waals surface area contributed by atoms with E-state index in [1.165, 1.54) is 19.0 Å². The zero-order valence-corrected chi connectivity index (χ0v) is 15.8. The van der Waals surface area contributed by atoms with Gasteiger partial charge in [0.05, 0.1) is 24.5 Å². The van der Waals surface area contributed by atoms with Crippen molar-refractivity contribution in [3.05, 3.63) is 47.8 Å². The van der Waals surface area contributed by atoms with Gasteiger partial charge in [0, 0.05) is 30.9 Å². The third-order valence-corrected chi connectivity index (χ3v) is 5.65. The molecule has 2 aliphatic rings. The molecule has 1 aromatic carbocycles. The van der Waals surface area contributed by atoms with Crippen molar-refractivity contribution in [2.75, 3.05) is 6.61 Å². The first kappa shape index (κ1) is 19.0. The summed E-state index contributed by atoms with van der Waals surface area (Å²) in [6, 6.07) is 8.07. The Morgan fingerprint density at radius 1 is 1.25 bits per heavy atom. The van der Waals surface area contributed by atoms with E-state index < -0.39 is 12.1 Å². The Labute approximate surface area is 164 Å². The average Bonchev–Trinajstić information content (AvgIpc) is 3.28. The minimum atomic E-state index is -0.972. The van der Waals surface area contributed by atoms with E-state index in [1.807, 2.05) is 18.2 Å². The molecule has 3 N–H and O–H groups in total. The summed E-state index contributed by atoms with van der Waals surface area (Å²) in [6.07, 6.45) is 6.53. The molecule has 2 aromatic rings. The van der Waals surface area contributed by atoms with E-state index in [1.54, 1.807) is 10.9 Å². The molecule has 28 heavy (non-hydrogen) atoms. The van der Waals surface area contributed by atoms with E-state index in [2.05, 4.69) is 16.5 Å². The highest BCUT2D eigenvalue weighted by molar-refractivity contribution is 5.86. The fourth-order valence-electron chi connectivity index (χ4n) is 3.85. The number of carboxylic acid groups (broad SMARTS) is 1. The first-order valence-corrected chi connectivity index (χ1v) is 9.96. The molecule has 1 unspecified atom stereocenters. The summed E-state index contributed by atoms with van der Waals surface area (Å²) in [5.41, 5.74) is 1.30. The van der Waals surface area contributed by atoms with Crippen LogP contribution in [0.5, 0.6) is 5.75 Å². The standard InChI is InChI=1S/C21H27N3O4/c25-19-8-15(11-24-12-17(10-23-24)21(26)27)7-18(19)22-9-16-3-1-2-4-20(16)28-13-14-5-6-14/h1-4,10,12,14-15,18-19,22,25H,5-9,11,13H2,(H,26,27)/t15?,18-,19-/m1/s1. The Hall–Kier alpha value is -2.38. The van der Waals surface area contributed by atoms with Crippen molar-refractivity contribution >= 4 is 5.97 Å². The Bertz CT molecular complexity index is 817. The van der Waals surface area contributed by atoms with Crippen molar-refractivity contribution in [2.45, 2.75) is 50.9 Å². The van der Waals surface area contributed by atoms with Gasteiger partial charge in [-0.05, 0) is 43.6 Å². The number of carboxylic acids is 1. The van der Waals surface area contributed by atoms with Gasteiger partial charge >= 0.3 is 5.97 Å². The van der Waals surface area contributed by atoms with Gasteiger partial charge in [0.15, 0.2) is 0 Å². The molecule has 7 nitrogen and oxygen atoms in total. The summed E-state index contributed by atoms with van der Waals surface area (Å²) in [6.45, 7) is 2.05. The fourth-order valence-corrected chi connectivity index (χ4v) is 3.85. The summed E-state index contributed by atoms with van der Waals surface area (Å²) in [7, 11) is 0. The number of nitrogens with one attached hydrogen (secondary N) is 1. The molecule has 0 saturated heterocycles. The highest BCUT2D eigenvalue weighted by Gasteiger charge is 2.33. The maximum atomic E-state index is 11.0. The van der Waals surface area contributed by atoms with Gasteiger partial charge in [-0.3, -0.25) is 4.68 Å². The predicted molar refractivity (Wildman–Crippen MR) is 103 cm³/mol. The number of aliphatic hydroxyl groups excluding tert-OH is 1. The molecule has 0 bridgehead atoms. The van der Waals surface area contributed by atoms with Gasteiger partial charge in [0.25, 0.3) is 0 Å². The van der Waals surface area contributed by atoms with Gasteiger partial charge in [-0.15, -0.1) is 0 Å². The lowest BCUT2D eigenvalue weighted by Crippen LogP contribution is -2.35. The summed E-state index contributed by atoms with van der Waals surface area (Å²) in [5, 5.41) is 27.0. The molecule has 2 fully saturated rings. The number of carbonyl (C=O) groups is 1. The molecule has 0 aliphatic heterocycles. The first-order chi connectivity index (χ1) is 13.6. The quantitative estimate of drug-likeness (QED) is 0.613. The molecule has 7 heteroatoms. The zero-order valence-electron chi connectivity index (χ0n) is 15.8. The lowest BCUT2D eigenvalue weighted by Gasteiger charge is -2.18. The van der Waals surface area contributed by atoms with Gasteiger partial charge in [0.2, 0.25) is 0 Å². The highest BCUT2D eigenvalue weighted by Crippen LogP contribution is 2.31. The van der Waals surface area contributed by atoms with Gasteiger partial charge in [0.1, 0.15) is 5.75 Å². The van der Waals surface area contributed by atoms with Crippen LogP contribution in [0.2, 0.25) is 0 Å². The number of hydrogen-bond acceptors (Lipinski definition) is 5. The van der Waals surface area contributed by atoms with Crippen LogP contribution in [0.15, 0.2) is 36.7 Å². The normalized spacial score (nSPS) is 24.4. The molecule has 4 rings (SSSR count). The number of rotatable bonds is 9. The topological polar surface area (TPSA) is 96.6 Å². The largest absolute Gasteiger partial charge is 0.493 e.